The molecule has 9 heteroatoms. The number of ether oxygens (including phenoxy) is 1. The molecule has 1 saturated carbocycles. The second-order valence-electron chi connectivity index (χ2n) is 8.26. The largest absolute Gasteiger partial charge is 0.444 e. The predicted octanol–water partition coefficient (Wildman–Crippen LogP) is 4.97. The van der Waals surface area contributed by atoms with Crippen LogP contribution in [0.4, 0.5) is 10.6 Å². The molecule has 1 amide bonds. The highest BCUT2D eigenvalue weighted by Gasteiger charge is 2.39. The number of halogens is 1. The number of anilines is 1. The van der Waals surface area contributed by atoms with E-state index in [4.69, 9.17) is 4.74 Å². The topological polar surface area (TPSA) is 72.3 Å². The Bertz CT molecular complexity index is 810. The maximum Gasteiger partial charge on any atom is 0.410 e. The fraction of sp³-hybridized carbons (Fsp3) is 0.632. The Morgan fingerprint density at radius 1 is 1.29 bits per heavy atom. The molecule has 2 aliphatic rings. The van der Waals surface area contributed by atoms with Crippen LogP contribution in [0.3, 0.4) is 0 Å². The summed E-state index contributed by atoms with van der Waals surface area (Å²) in [7, 11) is 3.45. The van der Waals surface area contributed by atoms with E-state index in [0.717, 1.165) is 41.8 Å². The molecular weight excluding hydrogens is 489 g/mol. The summed E-state index contributed by atoms with van der Waals surface area (Å²) in [5.41, 5.74) is 0.577. The van der Waals surface area contributed by atoms with Gasteiger partial charge >= 0.3 is 6.09 Å². The van der Waals surface area contributed by atoms with Gasteiger partial charge < -0.3 is 15.0 Å². The molecule has 1 aliphatic heterocycles. The van der Waals surface area contributed by atoms with Crippen molar-refractivity contribution in [3.63, 3.8) is 0 Å². The van der Waals surface area contributed by atoms with Gasteiger partial charge in [0, 0.05) is 56.7 Å². The van der Waals surface area contributed by atoms with Crippen LogP contribution in [0.1, 0.15) is 40.0 Å². The number of amides is 1. The predicted molar refractivity (Wildman–Crippen MR) is 123 cm³/mol. The standard InChI is InChI=1S/C12H21NO2.C7H7IN4S/c1-12(2,3)15-11(14)13-7-9-5-4-6-10(9)8-13;1-9-6-5-2-3-12(13-8)7(5)11-4-10-6/h9-10H,4-8H2,1-3H3;2-4H,1H3,(H,9,10,11)/t9-,10+;. The van der Waals surface area contributed by atoms with Crippen LogP contribution < -0.4 is 5.32 Å². The lowest BCUT2D eigenvalue weighted by atomic mass is 10.0. The first-order valence-electron chi connectivity index (χ1n) is 9.59. The van der Waals surface area contributed by atoms with Crippen molar-refractivity contribution in [1.29, 1.82) is 0 Å². The van der Waals surface area contributed by atoms with Gasteiger partial charge in [-0.2, -0.15) is 0 Å². The molecule has 0 aromatic carbocycles. The molecule has 3 heterocycles. The molecule has 0 bridgehead atoms. The third-order valence-corrected chi connectivity index (χ3v) is 6.85. The van der Waals surface area contributed by atoms with Crippen molar-refractivity contribution in [3.05, 3.63) is 18.6 Å². The van der Waals surface area contributed by atoms with Gasteiger partial charge in [-0.05, 0) is 51.5 Å². The summed E-state index contributed by atoms with van der Waals surface area (Å²) in [4.78, 5) is 22.0. The second kappa shape index (κ2) is 9.06. The molecule has 1 aliphatic carbocycles. The van der Waals surface area contributed by atoms with Gasteiger partial charge in [0.1, 0.15) is 17.7 Å². The summed E-state index contributed by atoms with van der Waals surface area (Å²) < 4.78 is 7.37. The number of nitrogens with zero attached hydrogens (tertiary/aromatic N) is 4. The summed E-state index contributed by atoms with van der Waals surface area (Å²) in [6.45, 7) is 7.59. The second-order valence-corrected chi connectivity index (χ2v) is 9.97. The lowest BCUT2D eigenvalue weighted by Crippen LogP contribution is -2.35. The van der Waals surface area contributed by atoms with Crippen LogP contribution >= 0.6 is 30.3 Å². The Morgan fingerprint density at radius 3 is 2.54 bits per heavy atom. The molecule has 1 N–H and O–H groups in total. The lowest BCUT2D eigenvalue weighted by Gasteiger charge is -2.24. The van der Waals surface area contributed by atoms with Crippen molar-refractivity contribution in [3.8, 4) is 0 Å². The van der Waals surface area contributed by atoms with E-state index in [2.05, 4.69) is 36.5 Å². The zero-order valence-corrected chi connectivity index (χ0v) is 19.8. The van der Waals surface area contributed by atoms with E-state index >= 15 is 0 Å². The molecule has 0 spiro atoms. The fourth-order valence-corrected chi connectivity index (χ4v) is 5.16. The van der Waals surface area contributed by atoms with Crippen LogP contribution in [0.15, 0.2) is 18.6 Å². The molecule has 0 radical (unpaired) electrons. The number of likely N-dealkylation sites (tertiary alicyclic amines) is 1. The van der Waals surface area contributed by atoms with E-state index in [-0.39, 0.29) is 11.7 Å². The maximum absolute atomic E-state index is 11.8. The average Bonchev–Trinajstić information content (AvgIpc) is 3.34. The minimum atomic E-state index is -0.366. The van der Waals surface area contributed by atoms with E-state index in [1.54, 1.807) is 15.4 Å². The normalized spacial score (nSPS) is 21.2. The van der Waals surface area contributed by atoms with Gasteiger partial charge in [-0.25, -0.2) is 14.8 Å². The molecule has 2 aromatic rings. The van der Waals surface area contributed by atoms with E-state index in [1.165, 1.54) is 19.3 Å². The first-order valence-corrected chi connectivity index (χ1v) is 12.9. The Hall–Kier alpha value is -1.23. The summed E-state index contributed by atoms with van der Waals surface area (Å²) in [6.07, 6.45) is 7.36. The van der Waals surface area contributed by atoms with Crippen LogP contribution in [0, 0.1) is 11.8 Å². The van der Waals surface area contributed by atoms with Crippen molar-refractivity contribution >= 4 is 53.3 Å². The quantitative estimate of drug-likeness (QED) is 0.568. The van der Waals surface area contributed by atoms with Gasteiger partial charge in [0.05, 0.1) is 5.39 Å². The molecular formula is C19H28IN5O2S. The van der Waals surface area contributed by atoms with E-state index in [1.807, 2.05) is 49.0 Å². The van der Waals surface area contributed by atoms with Gasteiger partial charge in [0.15, 0.2) is 5.65 Å². The number of carbonyl (C=O) groups is 1. The van der Waals surface area contributed by atoms with Crippen molar-refractivity contribution < 1.29 is 9.53 Å². The highest BCUT2D eigenvalue weighted by atomic mass is 127. The Morgan fingerprint density at radius 2 is 1.96 bits per heavy atom. The zero-order valence-electron chi connectivity index (χ0n) is 16.8. The minimum Gasteiger partial charge on any atom is -0.444 e. The number of hydrogen-bond donors (Lipinski definition) is 1. The first kappa shape index (κ1) is 21.5. The number of nitrogens with one attached hydrogen (secondary N) is 1. The van der Waals surface area contributed by atoms with Gasteiger partial charge in [0.2, 0.25) is 0 Å². The van der Waals surface area contributed by atoms with E-state index in [0.29, 0.717) is 0 Å². The van der Waals surface area contributed by atoms with Crippen molar-refractivity contribution in [2.75, 3.05) is 25.5 Å². The number of fused-ring (bicyclic) bond motifs is 2. The molecule has 2 aromatic heterocycles. The minimum absolute atomic E-state index is 0.128. The molecule has 2 atom stereocenters. The monoisotopic (exact) mass is 517 g/mol. The highest BCUT2D eigenvalue weighted by Crippen LogP contribution is 2.38. The van der Waals surface area contributed by atoms with E-state index in [9.17, 15) is 4.79 Å². The van der Waals surface area contributed by atoms with Gasteiger partial charge in [-0.1, -0.05) is 6.42 Å². The van der Waals surface area contributed by atoms with Crippen molar-refractivity contribution in [2.45, 2.75) is 45.6 Å². The zero-order chi connectivity index (χ0) is 20.3. The maximum atomic E-state index is 11.8. The molecule has 7 nitrogen and oxygen atoms in total. The van der Waals surface area contributed by atoms with Crippen LogP contribution in [-0.2, 0) is 4.74 Å². The van der Waals surface area contributed by atoms with Gasteiger partial charge in [-0.15, -0.1) is 0 Å². The van der Waals surface area contributed by atoms with Gasteiger partial charge in [-0.3, -0.25) is 3.97 Å². The first-order chi connectivity index (χ1) is 13.3. The van der Waals surface area contributed by atoms with E-state index < -0.39 is 0 Å². The molecule has 1 saturated heterocycles. The summed E-state index contributed by atoms with van der Waals surface area (Å²) in [5.74, 6) is 2.37. The van der Waals surface area contributed by atoms with Crippen LogP contribution in [0.25, 0.3) is 11.0 Å². The number of rotatable bonds is 2. The van der Waals surface area contributed by atoms with Crippen molar-refractivity contribution in [2.24, 2.45) is 11.8 Å². The smallest absolute Gasteiger partial charge is 0.410 e. The van der Waals surface area contributed by atoms with Gasteiger partial charge in [0.25, 0.3) is 0 Å². The fourth-order valence-electron chi connectivity index (χ4n) is 3.89. The van der Waals surface area contributed by atoms with Crippen LogP contribution in [-0.4, -0.2) is 50.7 Å². The average molecular weight is 517 g/mol. The van der Waals surface area contributed by atoms with Crippen LogP contribution in [0.2, 0.25) is 0 Å². The van der Waals surface area contributed by atoms with Crippen LogP contribution in [0.5, 0.6) is 0 Å². The number of carbonyl (C=O) groups excluding carboxylic acids is 1. The summed E-state index contributed by atoms with van der Waals surface area (Å²) in [6, 6.07) is 2.01. The summed E-state index contributed by atoms with van der Waals surface area (Å²) >= 11 is 2.22. The molecule has 4 rings (SSSR count). The number of hydrogen-bond acceptors (Lipinski definition) is 6. The third-order valence-electron chi connectivity index (χ3n) is 5.14. The molecule has 154 valence electrons. The molecule has 2 fully saturated rings. The highest BCUT2D eigenvalue weighted by molar-refractivity contribution is 14.2. The Kier molecular flexibility index (Phi) is 6.95. The third kappa shape index (κ3) is 5.03. The Balaban J connectivity index is 0.000000162. The summed E-state index contributed by atoms with van der Waals surface area (Å²) in [5, 5.41) is 4.08. The SMILES string of the molecule is CC(C)(C)OC(=O)N1C[C@H]2CCC[C@H]2C1.CNc1ncnc2c1ccn2SI. The molecule has 0 unspecified atom stereocenters. The van der Waals surface area contributed by atoms with Crippen molar-refractivity contribution in [1.82, 2.24) is 18.8 Å². The molecule has 28 heavy (non-hydrogen) atoms. The lowest BCUT2D eigenvalue weighted by molar-refractivity contribution is 0.0280. The number of aromatic nitrogens is 3. The Labute approximate surface area is 182 Å².